The second kappa shape index (κ2) is 4.17. The largest absolute Gasteiger partial charge is 0.507 e. The van der Waals surface area contributed by atoms with E-state index >= 15 is 0 Å². The molecule has 0 spiro atoms. The van der Waals surface area contributed by atoms with Crippen molar-refractivity contribution in [2.45, 2.75) is 9.79 Å². The highest BCUT2D eigenvalue weighted by molar-refractivity contribution is 7.89. The van der Waals surface area contributed by atoms with Gasteiger partial charge in [0.05, 0.1) is 0 Å². The predicted molar refractivity (Wildman–Crippen MR) is 65.2 cm³/mol. The molecule has 2 aromatic rings. The molecule has 7 nitrogen and oxygen atoms in total. The fourth-order valence-electron chi connectivity index (χ4n) is 1.76. The lowest BCUT2D eigenvalue weighted by Crippen LogP contribution is -2.09. The average Bonchev–Trinajstić information content (AvgIpc) is 2.25. The summed E-state index contributed by atoms with van der Waals surface area (Å²) in [6.07, 6.45) is 0. The topological polar surface area (TPSA) is 129 Å². The van der Waals surface area contributed by atoms with Crippen LogP contribution >= 0.6 is 0 Å². The van der Waals surface area contributed by atoms with Gasteiger partial charge in [-0.25, -0.2) is 0 Å². The van der Waals surface area contributed by atoms with E-state index in [9.17, 15) is 21.9 Å². The van der Waals surface area contributed by atoms with Crippen molar-refractivity contribution in [2.75, 3.05) is 0 Å². The summed E-state index contributed by atoms with van der Waals surface area (Å²) in [6.45, 7) is 0. The first-order valence-electron chi connectivity index (χ1n) is 4.82. The van der Waals surface area contributed by atoms with Crippen molar-refractivity contribution >= 4 is 31.0 Å². The molecule has 0 amide bonds. The lowest BCUT2D eigenvalue weighted by molar-refractivity contribution is 0.467. The zero-order valence-corrected chi connectivity index (χ0v) is 10.8. The zero-order chi connectivity index (χ0) is 14.4. The van der Waals surface area contributed by atoms with Crippen molar-refractivity contribution in [1.82, 2.24) is 0 Å². The summed E-state index contributed by atoms with van der Waals surface area (Å²) in [5.41, 5.74) is 0. The smallest absolute Gasteiger partial charge is 0.296 e. The van der Waals surface area contributed by atoms with Gasteiger partial charge in [0, 0.05) is 10.8 Å². The monoisotopic (exact) mass is 304 g/mol. The van der Waals surface area contributed by atoms with Gasteiger partial charge in [-0.3, -0.25) is 9.11 Å². The van der Waals surface area contributed by atoms with Gasteiger partial charge in [-0.05, 0) is 18.2 Å². The Bertz CT molecular complexity index is 866. The molecule has 0 aliphatic carbocycles. The number of fused-ring (bicyclic) bond motifs is 1. The number of phenols is 1. The normalized spacial score (nSPS) is 12.7. The van der Waals surface area contributed by atoms with Crippen LogP contribution in [0.5, 0.6) is 5.75 Å². The van der Waals surface area contributed by atoms with Gasteiger partial charge in [0.2, 0.25) is 0 Å². The second-order valence-corrected chi connectivity index (χ2v) is 6.46. The summed E-state index contributed by atoms with van der Waals surface area (Å²) in [4.78, 5) is -1.92. The fraction of sp³-hybridized carbons (Fsp3) is 0. The van der Waals surface area contributed by atoms with Crippen LogP contribution in [0.1, 0.15) is 0 Å². The summed E-state index contributed by atoms with van der Waals surface area (Å²) in [7, 11) is -9.75. The van der Waals surface area contributed by atoms with Crippen LogP contribution < -0.4 is 0 Å². The number of hydrogen-bond donors (Lipinski definition) is 3. The molecule has 0 heterocycles. The molecule has 0 aliphatic heterocycles. The number of phenolic OH excluding ortho intramolecular Hbond substituents is 1. The third-order valence-corrected chi connectivity index (χ3v) is 4.47. The Hall–Kier alpha value is -1.68. The average molecular weight is 304 g/mol. The number of benzene rings is 2. The summed E-state index contributed by atoms with van der Waals surface area (Å²) >= 11 is 0. The number of aromatic hydroxyl groups is 1. The first kappa shape index (κ1) is 13.7. The van der Waals surface area contributed by atoms with Crippen LogP contribution in [0.25, 0.3) is 10.8 Å². The Kier molecular flexibility index (Phi) is 3.01. The first-order valence-corrected chi connectivity index (χ1v) is 7.70. The lowest BCUT2D eigenvalue weighted by Gasteiger charge is -2.09. The van der Waals surface area contributed by atoms with Gasteiger partial charge >= 0.3 is 0 Å². The number of hydrogen-bond acceptors (Lipinski definition) is 5. The van der Waals surface area contributed by atoms with E-state index in [4.69, 9.17) is 9.11 Å². The summed E-state index contributed by atoms with van der Waals surface area (Å²) in [5, 5.41) is 9.39. The Morgan fingerprint density at radius 3 is 1.95 bits per heavy atom. The van der Waals surface area contributed by atoms with Gasteiger partial charge in [-0.2, -0.15) is 16.8 Å². The van der Waals surface area contributed by atoms with E-state index in [0.717, 1.165) is 12.1 Å². The van der Waals surface area contributed by atoms with Gasteiger partial charge in [0.1, 0.15) is 15.5 Å². The van der Waals surface area contributed by atoms with Crippen LogP contribution in [0.3, 0.4) is 0 Å². The van der Waals surface area contributed by atoms with Gasteiger partial charge in [-0.15, -0.1) is 0 Å². The summed E-state index contributed by atoms with van der Waals surface area (Å²) in [5.74, 6) is -0.288. The highest BCUT2D eigenvalue weighted by atomic mass is 32.2. The van der Waals surface area contributed by atoms with E-state index in [0.29, 0.717) is 0 Å². The van der Waals surface area contributed by atoms with Crippen molar-refractivity contribution in [3.8, 4) is 5.75 Å². The van der Waals surface area contributed by atoms with Crippen LogP contribution in [-0.2, 0) is 20.2 Å². The molecule has 2 rings (SSSR count). The molecule has 3 N–H and O–H groups in total. The maximum absolute atomic E-state index is 11.3. The molecule has 0 saturated carbocycles. The van der Waals surface area contributed by atoms with Crippen molar-refractivity contribution in [3.05, 3.63) is 30.3 Å². The lowest BCUT2D eigenvalue weighted by atomic mass is 10.1. The van der Waals surface area contributed by atoms with Crippen LogP contribution in [0.2, 0.25) is 0 Å². The van der Waals surface area contributed by atoms with Gasteiger partial charge in [0.15, 0.2) is 0 Å². The minimum Gasteiger partial charge on any atom is -0.507 e. The van der Waals surface area contributed by atoms with E-state index in [1.807, 2.05) is 0 Å². The van der Waals surface area contributed by atoms with Gasteiger partial charge < -0.3 is 5.11 Å². The van der Waals surface area contributed by atoms with Crippen molar-refractivity contribution in [1.29, 1.82) is 0 Å². The molecule has 102 valence electrons. The van der Waals surface area contributed by atoms with E-state index < -0.39 is 30.0 Å². The minimum atomic E-state index is -4.91. The Labute approximate surface area is 108 Å². The Morgan fingerprint density at radius 2 is 1.42 bits per heavy atom. The maximum Gasteiger partial charge on any atom is 0.296 e. The van der Waals surface area contributed by atoms with Crippen molar-refractivity contribution in [2.24, 2.45) is 0 Å². The standard InChI is InChI=1S/C10H8O7S2/c11-8-3-1-2-7-6(8)4-5-9(18(12,13)14)10(7)19(15,16)17/h1-5,11H,(H,12,13,14)(H,15,16,17). The highest BCUT2D eigenvalue weighted by Gasteiger charge is 2.26. The number of rotatable bonds is 2. The Morgan fingerprint density at radius 1 is 0.789 bits per heavy atom. The molecule has 0 unspecified atom stereocenters. The van der Waals surface area contributed by atoms with Crippen LogP contribution in [0.15, 0.2) is 40.1 Å². The zero-order valence-electron chi connectivity index (χ0n) is 9.18. The van der Waals surface area contributed by atoms with Gasteiger partial charge in [0.25, 0.3) is 20.2 Å². The van der Waals surface area contributed by atoms with Crippen molar-refractivity contribution in [3.63, 3.8) is 0 Å². The molecular weight excluding hydrogens is 296 g/mol. The van der Waals surface area contributed by atoms with Crippen molar-refractivity contribution < 1.29 is 31.0 Å². The Balaban J connectivity index is 3.12. The third-order valence-electron chi connectivity index (χ3n) is 2.49. The van der Waals surface area contributed by atoms with E-state index in [1.165, 1.54) is 18.2 Å². The second-order valence-electron chi connectivity index (χ2n) is 3.72. The molecular formula is C10H8O7S2. The molecule has 0 aromatic heterocycles. The fourth-order valence-corrected chi connectivity index (χ4v) is 3.76. The van der Waals surface area contributed by atoms with E-state index in [1.54, 1.807) is 0 Å². The maximum atomic E-state index is 11.3. The molecule has 19 heavy (non-hydrogen) atoms. The molecule has 9 heteroatoms. The van der Waals surface area contributed by atoms with Crippen LogP contribution in [0.4, 0.5) is 0 Å². The molecule has 0 fully saturated rings. The van der Waals surface area contributed by atoms with E-state index in [-0.39, 0.29) is 16.5 Å². The molecule has 0 bridgehead atoms. The molecule has 0 atom stereocenters. The third kappa shape index (κ3) is 2.40. The van der Waals surface area contributed by atoms with Gasteiger partial charge in [-0.1, -0.05) is 12.1 Å². The van der Waals surface area contributed by atoms with E-state index in [2.05, 4.69) is 0 Å². The first-order chi connectivity index (χ1) is 8.62. The molecule has 0 saturated heterocycles. The molecule has 0 radical (unpaired) electrons. The molecule has 0 aliphatic rings. The SMILES string of the molecule is O=S(=O)(O)c1ccc2c(O)cccc2c1S(=O)(=O)O. The highest BCUT2D eigenvalue weighted by Crippen LogP contribution is 2.33. The molecule has 2 aromatic carbocycles. The van der Waals surface area contributed by atoms with Crippen LogP contribution in [-0.4, -0.2) is 31.0 Å². The quantitative estimate of drug-likeness (QED) is 0.707. The summed E-state index contributed by atoms with van der Waals surface area (Å²) in [6, 6.07) is 5.67. The minimum absolute atomic E-state index is 0.0301. The predicted octanol–water partition coefficient (Wildman–Crippen LogP) is 1.04. The summed E-state index contributed by atoms with van der Waals surface area (Å²) < 4.78 is 63.1. The van der Waals surface area contributed by atoms with Crippen LogP contribution in [0, 0.1) is 0 Å².